The number of benzene rings is 2. The largest absolute Gasteiger partial charge is 0.426 e. The minimum absolute atomic E-state index is 0.0182. The lowest BCUT2D eigenvalue weighted by atomic mass is 9.70. The molecular weight excluding hydrogens is 447 g/mol. The number of ether oxygens (including phenoxy) is 4. The number of hydrogen-bond donors (Lipinski definition) is 0. The topological polar surface area (TPSA) is 57.3 Å². The normalized spacial score (nSPS) is 28.4. The summed E-state index contributed by atoms with van der Waals surface area (Å²) >= 11 is 0. The van der Waals surface area contributed by atoms with E-state index in [-0.39, 0.29) is 23.8 Å². The van der Waals surface area contributed by atoms with Crippen LogP contribution in [0.25, 0.3) is 11.1 Å². The van der Waals surface area contributed by atoms with Crippen molar-refractivity contribution in [1.82, 2.24) is 0 Å². The average Bonchev–Trinajstić information content (AvgIpc) is 3.73. The molecule has 0 spiro atoms. The van der Waals surface area contributed by atoms with Crippen molar-refractivity contribution in [2.24, 2.45) is 17.8 Å². The van der Waals surface area contributed by atoms with Crippen molar-refractivity contribution in [1.29, 1.82) is 0 Å². The minimum atomic E-state index is -0.253. The van der Waals surface area contributed by atoms with Crippen LogP contribution in [0.4, 0.5) is 4.39 Å². The van der Waals surface area contributed by atoms with Crippen molar-refractivity contribution in [3.8, 4) is 16.9 Å². The first-order chi connectivity index (χ1) is 17.1. The summed E-state index contributed by atoms with van der Waals surface area (Å²) < 4.78 is 35.4. The molecule has 1 atom stereocenters. The molecule has 0 aromatic heterocycles. The summed E-state index contributed by atoms with van der Waals surface area (Å²) in [5, 5.41) is 0. The third-order valence-corrected chi connectivity index (χ3v) is 7.83. The standard InChI is InChI=1S/C29H35FO5/c30-25-11-5-21(6-12-25)23-9-15-27(16-10-23)35-29(31)24-3-1-20(2-4-24)22-7-13-26(14-8-22)34-19-32-17-28-18-33-28/h5-6,9-12,15-16,20,22,24,26,28H,1-4,7-8,13-14,17-19H2. The number of halogens is 1. The van der Waals surface area contributed by atoms with Gasteiger partial charge in [0.1, 0.15) is 24.5 Å². The summed E-state index contributed by atoms with van der Waals surface area (Å²) in [7, 11) is 0. The van der Waals surface area contributed by atoms with E-state index in [9.17, 15) is 9.18 Å². The Morgan fingerprint density at radius 3 is 2.00 bits per heavy atom. The summed E-state index contributed by atoms with van der Waals surface area (Å²) in [6.45, 7) is 1.83. The molecule has 35 heavy (non-hydrogen) atoms. The van der Waals surface area contributed by atoms with Crippen molar-refractivity contribution < 1.29 is 28.1 Å². The minimum Gasteiger partial charge on any atom is -0.426 e. The molecule has 0 bridgehead atoms. The van der Waals surface area contributed by atoms with Crippen molar-refractivity contribution in [2.75, 3.05) is 20.0 Å². The quantitative estimate of drug-likeness (QED) is 0.141. The van der Waals surface area contributed by atoms with E-state index in [0.717, 1.165) is 62.2 Å². The number of epoxide rings is 1. The SMILES string of the molecule is O=C(Oc1ccc(-c2ccc(F)cc2)cc1)C1CCC(C2CCC(OCOCC3CO3)CC2)CC1. The van der Waals surface area contributed by atoms with E-state index >= 15 is 0 Å². The van der Waals surface area contributed by atoms with Crippen LogP contribution in [0.15, 0.2) is 48.5 Å². The van der Waals surface area contributed by atoms with Gasteiger partial charge in [0.15, 0.2) is 0 Å². The molecule has 3 fully saturated rings. The summed E-state index contributed by atoms with van der Waals surface area (Å²) in [6.07, 6.45) is 9.23. The molecular formula is C29H35FO5. The van der Waals surface area contributed by atoms with Crippen LogP contribution in [0.3, 0.4) is 0 Å². The molecule has 1 unspecified atom stereocenters. The van der Waals surface area contributed by atoms with E-state index in [1.165, 1.54) is 25.0 Å². The predicted molar refractivity (Wildman–Crippen MR) is 130 cm³/mol. The van der Waals surface area contributed by atoms with E-state index in [0.29, 0.717) is 31.2 Å². The molecule has 1 saturated heterocycles. The molecule has 1 heterocycles. The lowest BCUT2D eigenvalue weighted by Crippen LogP contribution is -2.31. The van der Waals surface area contributed by atoms with Crippen LogP contribution >= 0.6 is 0 Å². The highest BCUT2D eigenvalue weighted by atomic mass is 19.1. The predicted octanol–water partition coefficient (Wildman–Crippen LogP) is 6.15. The fourth-order valence-corrected chi connectivity index (χ4v) is 5.60. The molecule has 5 nitrogen and oxygen atoms in total. The third-order valence-electron chi connectivity index (χ3n) is 7.83. The molecule has 3 aliphatic rings. The second kappa shape index (κ2) is 11.6. The molecule has 1 aliphatic heterocycles. The summed E-state index contributed by atoms with van der Waals surface area (Å²) in [6, 6.07) is 13.8. The molecule has 6 heteroatoms. The van der Waals surface area contributed by atoms with E-state index in [1.807, 2.05) is 24.3 Å². The van der Waals surface area contributed by atoms with Gasteiger partial charge in [0, 0.05) is 0 Å². The summed E-state index contributed by atoms with van der Waals surface area (Å²) in [5.41, 5.74) is 1.89. The van der Waals surface area contributed by atoms with Crippen molar-refractivity contribution in [3.63, 3.8) is 0 Å². The molecule has 0 amide bonds. The van der Waals surface area contributed by atoms with Crippen molar-refractivity contribution >= 4 is 5.97 Å². The Morgan fingerprint density at radius 1 is 0.829 bits per heavy atom. The van der Waals surface area contributed by atoms with Gasteiger partial charge >= 0.3 is 5.97 Å². The molecule has 2 aromatic carbocycles. The second-order valence-corrected chi connectivity index (χ2v) is 10.2. The zero-order valence-corrected chi connectivity index (χ0v) is 20.2. The first-order valence-corrected chi connectivity index (χ1v) is 13.0. The zero-order valence-electron chi connectivity index (χ0n) is 20.2. The molecule has 5 rings (SSSR count). The van der Waals surface area contributed by atoms with Gasteiger partial charge < -0.3 is 18.9 Å². The second-order valence-electron chi connectivity index (χ2n) is 10.2. The zero-order chi connectivity index (χ0) is 24.0. The Kier molecular flexibility index (Phi) is 8.12. The average molecular weight is 483 g/mol. The lowest BCUT2D eigenvalue weighted by Gasteiger charge is -2.37. The van der Waals surface area contributed by atoms with Gasteiger partial charge in [0.2, 0.25) is 0 Å². The van der Waals surface area contributed by atoms with Gasteiger partial charge in [-0.1, -0.05) is 24.3 Å². The van der Waals surface area contributed by atoms with Gasteiger partial charge in [0.05, 0.1) is 25.2 Å². The summed E-state index contributed by atoms with van der Waals surface area (Å²) in [5.74, 6) is 1.62. The Labute approximate surface area is 206 Å². The summed E-state index contributed by atoms with van der Waals surface area (Å²) in [4.78, 5) is 12.8. The van der Waals surface area contributed by atoms with E-state index in [2.05, 4.69) is 0 Å². The Bertz CT molecular complexity index is 940. The van der Waals surface area contributed by atoms with E-state index in [1.54, 1.807) is 12.1 Å². The van der Waals surface area contributed by atoms with Crippen LogP contribution in [0, 0.1) is 23.6 Å². The highest BCUT2D eigenvalue weighted by Crippen LogP contribution is 2.41. The molecule has 0 radical (unpaired) electrons. The third kappa shape index (κ3) is 6.90. The van der Waals surface area contributed by atoms with E-state index in [4.69, 9.17) is 18.9 Å². The van der Waals surface area contributed by atoms with Gasteiger partial charge in [-0.05, 0) is 98.6 Å². The molecule has 2 aromatic rings. The van der Waals surface area contributed by atoms with Crippen LogP contribution in [0.1, 0.15) is 51.4 Å². The van der Waals surface area contributed by atoms with Crippen LogP contribution < -0.4 is 4.74 Å². The number of hydrogen-bond acceptors (Lipinski definition) is 5. The van der Waals surface area contributed by atoms with Gasteiger partial charge in [0.25, 0.3) is 0 Å². The number of carbonyl (C=O) groups is 1. The molecule has 0 N–H and O–H groups in total. The van der Waals surface area contributed by atoms with Gasteiger partial charge in [-0.2, -0.15) is 0 Å². The number of carbonyl (C=O) groups excluding carboxylic acids is 1. The maximum atomic E-state index is 13.1. The first kappa shape index (κ1) is 24.4. The number of rotatable bonds is 9. The fraction of sp³-hybridized carbons (Fsp3) is 0.552. The monoisotopic (exact) mass is 482 g/mol. The van der Waals surface area contributed by atoms with Gasteiger partial charge in [-0.25, -0.2) is 4.39 Å². The van der Waals surface area contributed by atoms with Crippen LogP contribution in [0.2, 0.25) is 0 Å². The van der Waals surface area contributed by atoms with Gasteiger partial charge in [-0.15, -0.1) is 0 Å². The van der Waals surface area contributed by atoms with Crippen molar-refractivity contribution in [3.05, 3.63) is 54.3 Å². The Hall–Kier alpha value is -2.28. The maximum Gasteiger partial charge on any atom is 0.314 e. The fourth-order valence-electron chi connectivity index (χ4n) is 5.60. The maximum absolute atomic E-state index is 13.1. The van der Waals surface area contributed by atoms with Crippen LogP contribution in [-0.4, -0.2) is 38.2 Å². The molecule has 2 saturated carbocycles. The van der Waals surface area contributed by atoms with Crippen molar-refractivity contribution in [2.45, 2.75) is 63.6 Å². The first-order valence-electron chi connectivity index (χ1n) is 13.0. The highest BCUT2D eigenvalue weighted by Gasteiger charge is 2.34. The van der Waals surface area contributed by atoms with Crippen LogP contribution in [-0.2, 0) is 19.0 Å². The van der Waals surface area contributed by atoms with Gasteiger partial charge in [-0.3, -0.25) is 4.79 Å². The van der Waals surface area contributed by atoms with Crippen LogP contribution in [0.5, 0.6) is 5.75 Å². The van der Waals surface area contributed by atoms with E-state index < -0.39 is 0 Å². The lowest BCUT2D eigenvalue weighted by molar-refractivity contribution is -0.140. The molecule has 2 aliphatic carbocycles. The number of esters is 1. The Morgan fingerprint density at radius 2 is 1.40 bits per heavy atom. The smallest absolute Gasteiger partial charge is 0.314 e. The Balaban J connectivity index is 1.01. The highest BCUT2D eigenvalue weighted by molar-refractivity contribution is 5.75. The molecule has 188 valence electrons.